The fourth-order valence-electron chi connectivity index (χ4n) is 1.77. The molecule has 0 aliphatic rings. The van der Waals surface area contributed by atoms with Crippen LogP contribution in [0.25, 0.3) is 0 Å². The summed E-state index contributed by atoms with van der Waals surface area (Å²) in [5, 5.41) is 0. The van der Waals surface area contributed by atoms with E-state index in [1.807, 2.05) is 26.0 Å². The van der Waals surface area contributed by atoms with Crippen LogP contribution in [0.1, 0.15) is 6.42 Å². The Labute approximate surface area is 108 Å². The molecule has 1 aromatic rings. The van der Waals surface area contributed by atoms with Gasteiger partial charge in [0.05, 0.1) is 18.5 Å². The molecule has 5 heteroatoms. The van der Waals surface area contributed by atoms with Gasteiger partial charge in [-0.1, -0.05) is 0 Å². The first kappa shape index (κ1) is 14.6. The first-order valence-corrected chi connectivity index (χ1v) is 5.94. The Kier molecular flexibility index (Phi) is 5.22. The third-order valence-electron chi connectivity index (χ3n) is 2.81. The number of benzene rings is 1. The predicted octanol–water partition coefficient (Wildman–Crippen LogP) is 1.80. The minimum absolute atomic E-state index is 0.319. The third-order valence-corrected chi connectivity index (χ3v) is 2.81. The number of methoxy groups -OCH3 is 1. The van der Waals surface area contributed by atoms with Crippen LogP contribution in [0, 0.1) is 5.82 Å². The van der Waals surface area contributed by atoms with Crippen LogP contribution in [0.4, 0.5) is 15.8 Å². The molecule has 0 amide bonds. The van der Waals surface area contributed by atoms with Gasteiger partial charge in [0.15, 0.2) is 0 Å². The molecule has 0 aromatic heterocycles. The highest BCUT2D eigenvalue weighted by Crippen LogP contribution is 2.30. The van der Waals surface area contributed by atoms with Crippen molar-refractivity contribution >= 4 is 11.4 Å². The van der Waals surface area contributed by atoms with Gasteiger partial charge < -0.3 is 20.3 Å². The number of hydrogen-bond donors (Lipinski definition) is 1. The van der Waals surface area contributed by atoms with Crippen LogP contribution in [-0.2, 0) is 0 Å². The summed E-state index contributed by atoms with van der Waals surface area (Å²) in [6.45, 7) is 1.75. The van der Waals surface area contributed by atoms with Crippen molar-refractivity contribution < 1.29 is 9.13 Å². The molecule has 0 spiro atoms. The van der Waals surface area contributed by atoms with Gasteiger partial charge in [0.25, 0.3) is 0 Å². The molecule has 0 saturated heterocycles. The largest absolute Gasteiger partial charge is 0.495 e. The number of nitrogens with two attached hydrogens (primary N) is 1. The minimum Gasteiger partial charge on any atom is -0.495 e. The lowest BCUT2D eigenvalue weighted by Gasteiger charge is -2.22. The molecule has 0 atom stereocenters. The molecule has 0 bridgehead atoms. The number of rotatable bonds is 6. The van der Waals surface area contributed by atoms with Crippen molar-refractivity contribution in [2.45, 2.75) is 6.42 Å². The highest BCUT2D eigenvalue weighted by molar-refractivity contribution is 5.63. The van der Waals surface area contributed by atoms with Crippen molar-refractivity contribution in [1.29, 1.82) is 0 Å². The lowest BCUT2D eigenvalue weighted by molar-refractivity contribution is 0.401. The minimum atomic E-state index is -0.319. The van der Waals surface area contributed by atoms with Crippen molar-refractivity contribution in [3.8, 4) is 5.75 Å². The molecule has 0 unspecified atom stereocenters. The van der Waals surface area contributed by atoms with Crippen LogP contribution in [0.15, 0.2) is 12.1 Å². The van der Waals surface area contributed by atoms with Crippen LogP contribution in [0.3, 0.4) is 0 Å². The Bertz CT molecular complexity index is 396. The molecule has 0 radical (unpaired) electrons. The first-order chi connectivity index (χ1) is 8.45. The van der Waals surface area contributed by atoms with Gasteiger partial charge in [-0.05, 0) is 27.1 Å². The Morgan fingerprint density at radius 1 is 1.22 bits per heavy atom. The maximum atomic E-state index is 13.8. The Balaban J connectivity index is 2.75. The molecular weight excluding hydrogens is 233 g/mol. The lowest BCUT2D eigenvalue weighted by Crippen LogP contribution is -2.24. The number of anilines is 2. The Morgan fingerprint density at radius 2 is 1.89 bits per heavy atom. The summed E-state index contributed by atoms with van der Waals surface area (Å²) < 4.78 is 18.9. The molecule has 0 aliphatic carbocycles. The number of nitrogens with zero attached hydrogens (tertiary/aromatic N) is 2. The van der Waals surface area contributed by atoms with E-state index in [0.29, 0.717) is 17.1 Å². The van der Waals surface area contributed by atoms with Gasteiger partial charge in [-0.15, -0.1) is 0 Å². The molecule has 0 aliphatic heterocycles. The van der Waals surface area contributed by atoms with Crippen LogP contribution in [0.5, 0.6) is 5.75 Å². The second kappa shape index (κ2) is 6.44. The molecule has 4 nitrogen and oxygen atoms in total. The maximum absolute atomic E-state index is 13.8. The monoisotopic (exact) mass is 255 g/mol. The molecule has 0 fully saturated rings. The van der Waals surface area contributed by atoms with Crippen LogP contribution < -0.4 is 15.4 Å². The smallest absolute Gasteiger partial charge is 0.148 e. The van der Waals surface area contributed by atoms with E-state index in [1.165, 1.54) is 13.2 Å². The molecule has 2 N–H and O–H groups in total. The van der Waals surface area contributed by atoms with Gasteiger partial charge in [0.2, 0.25) is 0 Å². The van der Waals surface area contributed by atoms with Crippen LogP contribution >= 0.6 is 0 Å². The van der Waals surface area contributed by atoms with E-state index in [4.69, 9.17) is 10.5 Å². The summed E-state index contributed by atoms with van der Waals surface area (Å²) in [4.78, 5) is 3.98. The topological polar surface area (TPSA) is 41.7 Å². The Hall–Kier alpha value is -1.49. The van der Waals surface area contributed by atoms with E-state index < -0.39 is 0 Å². The maximum Gasteiger partial charge on any atom is 0.148 e. The zero-order valence-electron chi connectivity index (χ0n) is 11.5. The zero-order valence-corrected chi connectivity index (χ0v) is 11.5. The molecule has 102 valence electrons. The molecule has 18 heavy (non-hydrogen) atoms. The summed E-state index contributed by atoms with van der Waals surface area (Å²) in [5.41, 5.74) is 6.48. The van der Waals surface area contributed by atoms with E-state index in [1.54, 1.807) is 6.07 Å². The highest BCUT2D eigenvalue weighted by Gasteiger charge is 2.12. The lowest BCUT2D eigenvalue weighted by atomic mass is 10.2. The quantitative estimate of drug-likeness (QED) is 0.787. The molecule has 1 rings (SSSR count). The zero-order chi connectivity index (χ0) is 13.7. The van der Waals surface area contributed by atoms with Crippen LogP contribution in [0.2, 0.25) is 0 Å². The molecule has 1 aromatic carbocycles. The standard InChI is InChI=1S/C13H22FN3O/c1-16(2)6-5-7-17(3)12-9-13(18-4)11(15)8-10(12)14/h8-9H,5-7,15H2,1-4H3. The summed E-state index contributed by atoms with van der Waals surface area (Å²) >= 11 is 0. The summed E-state index contributed by atoms with van der Waals surface area (Å²) in [6, 6.07) is 2.94. The average molecular weight is 255 g/mol. The second-order valence-electron chi connectivity index (χ2n) is 4.62. The SMILES string of the molecule is COc1cc(N(C)CCCN(C)C)c(F)cc1N. The predicted molar refractivity (Wildman–Crippen MR) is 73.8 cm³/mol. The summed E-state index contributed by atoms with van der Waals surface area (Å²) in [5.74, 6) is 0.187. The second-order valence-corrected chi connectivity index (χ2v) is 4.62. The van der Waals surface area contributed by atoms with Gasteiger partial charge in [-0.25, -0.2) is 4.39 Å². The van der Waals surface area contributed by atoms with Crippen molar-refractivity contribution in [2.24, 2.45) is 0 Å². The molecule has 0 heterocycles. The average Bonchev–Trinajstić information content (AvgIpc) is 2.28. The van der Waals surface area contributed by atoms with Gasteiger partial charge in [0.1, 0.15) is 11.6 Å². The van der Waals surface area contributed by atoms with E-state index in [9.17, 15) is 4.39 Å². The van der Waals surface area contributed by atoms with Gasteiger partial charge >= 0.3 is 0 Å². The van der Waals surface area contributed by atoms with Crippen molar-refractivity contribution in [3.63, 3.8) is 0 Å². The Morgan fingerprint density at radius 3 is 2.44 bits per heavy atom. The van der Waals surface area contributed by atoms with Crippen molar-refractivity contribution in [1.82, 2.24) is 4.90 Å². The summed E-state index contributed by atoms with van der Waals surface area (Å²) in [7, 11) is 7.43. The number of nitrogen functional groups attached to an aromatic ring is 1. The fraction of sp³-hybridized carbons (Fsp3) is 0.538. The van der Waals surface area contributed by atoms with Crippen molar-refractivity contribution in [2.75, 3.05) is 52.0 Å². The number of hydrogen-bond acceptors (Lipinski definition) is 4. The molecular formula is C13H22FN3O. The van der Waals surface area contributed by atoms with Crippen molar-refractivity contribution in [3.05, 3.63) is 17.9 Å². The first-order valence-electron chi connectivity index (χ1n) is 5.94. The van der Waals surface area contributed by atoms with Gasteiger partial charge in [0, 0.05) is 25.7 Å². The highest BCUT2D eigenvalue weighted by atomic mass is 19.1. The third kappa shape index (κ3) is 3.77. The number of halogens is 1. The summed E-state index contributed by atoms with van der Waals surface area (Å²) in [6.07, 6.45) is 0.968. The number of ether oxygens (including phenoxy) is 1. The normalized spacial score (nSPS) is 10.8. The van der Waals surface area contributed by atoms with Gasteiger partial charge in [-0.2, -0.15) is 0 Å². The van der Waals surface area contributed by atoms with E-state index in [0.717, 1.165) is 19.5 Å². The fourth-order valence-corrected chi connectivity index (χ4v) is 1.77. The van der Waals surface area contributed by atoms with E-state index in [2.05, 4.69) is 4.90 Å². The van der Waals surface area contributed by atoms with Gasteiger partial charge in [-0.3, -0.25) is 0 Å². The van der Waals surface area contributed by atoms with E-state index in [-0.39, 0.29) is 5.82 Å². The van der Waals surface area contributed by atoms with E-state index >= 15 is 0 Å². The molecule has 0 saturated carbocycles. The van der Waals surface area contributed by atoms with Crippen LogP contribution in [-0.4, -0.2) is 46.2 Å².